The number of benzene rings is 2. The Bertz CT molecular complexity index is 1160. The van der Waals surface area contributed by atoms with E-state index in [2.05, 4.69) is 33.1 Å². The van der Waals surface area contributed by atoms with Crippen LogP contribution in [0.15, 0.2) is 59.8 Å². The lowest BCUT2D eigenvalue weighted by Gasteiger charge is -2.05. The zero-order chi connectivity index (χ0) is 19.7. The van der Waals surface area contributed by atoms with E-state index in [1.54, 1.807) is 29.1 Å². The summed E-state index contributed by atoms with van der Waals surface area (Å²) in [5, 5.41) is 28.6. The first-order valence-corrected chi connectivity index (χ1v) is 8.89. The number of thiol groups is 1. The Morgan fingerprint density at radius 3 is 2.61 bits per heavy atom. The van der Waals surface area contributed by atoms with Gasteiger partial charge in [0.05, 0.1) is 33.9 Å². The number of rotatable bonds is 5. The summed E-state index contributed by atoms with van der Waals surface area (Å²) in [6.45, 7) is 0.325. The third-order valence-corrected chi connectivity index (χ3v) is 4.74. The fourth-order valence-electron chi connectivity index (χ4n) is 2.60. The van der Waals surface area contributed by atoms with Gasteiger partial charge in [0.1, 0.15) is 5.03 Å². The number of nitrogens with zero attached hydrogens (tertiary/aromatic N) is 7. The molecular formula is C17H12ClN7O2S. The molecule has 0 bridgehead atoms. The average molecular weight is 414 g/mol. The molecule has 0 radical (unpaired) electrons. The molecule has 140 valence electrons. The molecule has 0 fully saturated rings. The summed E-state index contributed by atoms with van der Waals surface area (Å²) in [6, 6.07) is 13.5. The molecule has 0 aliphatic heterocycles. The summed E-state index contributed by atoms with van der Waals surface area (Å²) in [6.07, 6.45) is 1.60. The van der Waals surface area contributed by atoms with Crippen LogP contribution in [0.1, 0.15) is 5.56 Å². The van der Waals surface area contributed by atoms with Crippen LogP contribution in [-0.4, -0.2) is 34.9 Å². The Labute approximate surface area is 169 Å². The van der Waals surface area contributed by atoms with Gasteiger partial charge in [0.2, 0.25) is 5.82 Å². The summed E-state index contributed by atoms with van der Waals surface area (Å²) in [5.74, 6) is 0.366. The molecule has 0 atom stereocenters. The van der Waals surface area contributed by atoms with E-state index in [4.69, 9.17) is 11.6 Å². The monoisotopic (exact) mass is 413 g/mol. The van der Waals surface area contributed by atoms with Gasteiger partial charge in [-0.05, 0) is 22.9 Å². The van der Waals surface area contributed by atoms with E-state index >= 15 is 0 Å². The van der Waals surface area contributed by atoms with Gasteiger partial charge in [0, 0.05) is 12.1 Å². The standard InChI is InChI=1S/C17H12ClN7O2S/c18-14-3-1-2-4-15(14)24-17(28)13(9-19-24)16-20-22-23(21-16)10-11-5-7-12(8-6-11)25(26)27/h1-9,28H,10H2. The minimum absolute atomic E-state index is 0.0303. The third-order valence-electron chi connectivity index (χ3n) is 3.99. The van der Waals surface area contributed by atoms with Crippen molar-refractivity contribution in [2.45, 2.75) is 11.6 Å². The molecule has 2 heterocycles. The van der Waals surface area contributed by atoms with Gasteiger partial charge in [0.15, 0.2) is 0 Å². The van der Waals surface area contributed by atoms with Crippen molar-refractivity contribution < 1.29 is 4.92 Å². The predicted molar refractivity (Wildman–Crippen MR) is 105 cm³/mol. The second-order valence-electron chi connectivity index (χ2n) is 5.81. The number of para-hydroxylation sites is 1. The summed E-state index contributed by atoms with van der Waals surface area (Å²) in [4.78, 5) is 11.7. The third kappa shape index (κ3) is 3.47. The van der Waals surface area contributed by atoms with Crippen LogP contribution in [-0.2, 0) is 6.54 Å². The fourth-order valence-corrected chi connectivity index (χ4v) is 3.14. The van der Waals surface area contributed by atoms with Crippen molar-refractivity contribution in [1.29, 1.82) is 0 Å². The first-order chi connectivity index (χ1) is 13.5. The number of nitro benzene ring substituents is 1. The number of hydrogen-bond acceptors (Lipinski definition) is 7. The summed E-state index contributed by atoms with van der Waals surface area (Å²) in [5.41, 5.74) is 2.15. The summed E-state index contributed by atoms with van der Waals surface area (Å²) in [7, 11) is 0. The maximum Gasteiger partial charge on any atom is 0.269 e. The highest BCUT2D eigenvalue weighted by Gasteiger charge is 2.17. The Morgan fingerprint density at radius 1 is 1.14 bits per heavy atom. The van der Waals surface area contributed by atoms with E-state index < -0.39 is 4.92 Å². The molecule has 0 unspecified atom stereocenters. The molecule has 0 saturated heterocycles. The van der Waals surface area contributed by atoms with Gasteiger partial charge in [-0.25, -0.2) is 4.68 Å². The van der Waals surface area contributed by atoms with Crippen molar-refractivity contribution >= 4 is 29.9 Å². The summed E-state index contributed by atoms with van der Waals surface area (Å²) >= 11 is 10.8. The molecular weight excluding hydrogens is 402 g/mol. The highest BCUT2D eigenvalue weighted by atomic mass is 35.5. The van der Waals surface area contributed by atoms with Crippen molar-refractivity contribution in [2.24, 2.45) is 0 Å². The Morgan fingerprint density at radius 2 is 1.89 bits per heavy atom. The molecule has 4 rings (SSSR count). The lowest BCUT2D eigenvalue weighted by atomic mass is 10.2. The lowest BCUT2D eigenvalue weighted by molar-refractivity contribution is -0.384. The van der Waals surface area contributed by atoms with Crippen LogP contribution in [0.5, 0.6) is 0 Å². The van der Waals surface area contributed by atoms with Crippen LogP contribution in [0.2, 0.25) is 5.02 Å². The Hall–Kier alpha value is -3.24. The minimum atomic E-state index is -0.444. The Kier molecular flexibility index (Phi) is 4.80. The van der Waals surface area contributed by atoms with E-state index in [0.29, 0.717) is 33.7 Å². The fraction of sp³-hybridized carbons (Fsp3) is 0.0588. The van der Waals surface area contributed by atoms with Crippen molar-refractivity contribution in [3.8, 4) is 17.1 Å². The number of aromatic nitrogens is 6. The van der Waals surface area contributed by atoms with Gasteiger partial charge in [-0.2, -0.15) is 9.90 Å². The van der Waals surface area contributed by atoms with Crippen molar-refractivity contribution in [3.05, 3.63) is 75.4 Å². The highest BCUT2D eigenvalue weighted by molar-refractivity contribution is 7.80. The Balaban J connectivity index is 1.58. The van der Waals surface area contributed by atoms with Gasteiger partial charge in [-0.1, -0.05) is 35.9 Å². The average Bonchev–Trinajstić information content (AvgIpc) is 3.29. The maximum absolute atomic E-state index is 10.7. The van der Waals surface area contributed by atoms with E-state index in [1.165, 1.54) is 16.9 Å². The molecule has 0 amide bonds. The van der Waals surface area contributed by atoms with Crippen LogP contribution < -0.4 is 0 Å². The second kappa shape index (κ2) is 7.41. The number of non-ortho nitro benzene ring substituents is 1. The largest absolute Gasteiger partial charge is 0.269 e. The molecule has 0 saturated carbocycles. The van der Waals surface area contributed by atoms with E-state index in [0.717, 1.165) is 5.56 Å². The zero-order valence-electron chi connectivity index (χ0n) is 14.2. The number of nitro groups is 1. The van der Waals surface area contributed by atoms with Crippen LogP contribution >= 0.6 is 24.2 Å². The molecule has 0 aliphatic carbocycles. The SMILES string of the molecule is O=[N+]([O-])c1ccc(Cn2nnc(-c3cnn(-c4ccccc4Cl)c3S)n2)cc1. The molecule has 11 heteroatoms. The molecule has 2 aromatic carbocycles. The van der Waals surface area contributed by atoms with Gasteiger partial charge in [-0.3, -0.25) is 10.1 Å². The van der Waals surface area contributed by atoms with E-state index in [9.17, 15) is 10.1 Å². The second-order valence-corrected chi connectivity index (χ2v) is 6.64. The molecule has 28 heavy (non-hydrogen) atoms. The van der Waals surface area contributed by atoms with Crippen LogP contribution in [0, 0.1) is 10.1 Å². The van der Waals surface area contributed by atoms with Gasteiger partial charge in [0.25, 0.3) is 5.69 Å². The molecule has 9 nitrogen and oxygen atoms in total. The van der Waals surface area contributed by atoms with E-state index in [-0.39, 0.29) is 5.69 Å². The van der Waals surface area contributed by atoms with Gasteiger partial charge < -0.3 is 0 Å². The lowest BCUT2D eigenvalue weighted by Crippen LogP contribution is -2.04. The van der Waals surface area contributed by atoms with Crippen LogP contribution in [0.25, 0.3) is 17.1 Å². The molecule has 4 aromatic rings. The first kappa shape index (κ1) is 18.1. The van der Waals surface area contributed by atoms with Crippen LogP contribution in [0.4, 0.5) is 5.69 Å². The smallest absolute Gasteiger partial charge is 0.258 e. The minimum Gasteiger partial charge on any atom is -0.258 e. The molecule has 0 N–H and O–H groups in total. The number of tetrazole rings is 1. The predicted octanol–water partition coefficient (Wildman–Crippen LogP) is 3.42. The van der Waals surface area contributed by atoms with E-state index in [1.807, 2.05) is 18.2 Å². The molecule has 0 spiro atoms. The number of hydrogen-bond donors (Lipinski definition) is 1. The number of halogens is 1. The van der Waals surface area contributed by atoms with Crippen LogP contribution in [0.3, 0.4) is 0 Å². The molecule has 0 aliphatic rings. The normalized spacial score (nSPS) is 10.9. The maximum atomic E-state index is 10.7. The topological polar surface area (TPSA) is 105 Å². The molecule has 2 aromatic heterocycles. The first-order valence-electron chi connectivity index (χ1n) is 8.06. The van der Waals surface area contributed by atoms with Crippen molar-refractivity contribution in [1.82, 2.24) is 30.0 Å². The quantitative estimate of drug-likeness (QED) is 0.305. The zero-order valence-corrected chi connectivity index (χ0v) is 15.8. The summed E-state index contributed by atoms with van der Waals surface area (Å²) < 4.78 is 1.60. The highest BCUT2D eigenvalue weighted by Crippen LogP contribution is 2.28. The van der Waals surface area contributed by atoms with Crippen molar-refractivity contribution in [3.63, 3.8) is 0 Å². The van der Waals surface area contributed by atoms with Gasteiger partial charge in [-0.15, -0.1) is 22.8 Å². The van der Waals surface area contributed by atoms with Crippen molar-refractivity contribution in [2.75, 3.05) is 0 Å². The van der Waals surface area contributed by atoms with Gasteiger partial charge >= 0.3 is 0 Å².